The van der Waals surface area contributed by atoms with Gasteiger partial charge in [-0.05, 0) is 49.5 Å². The van der Waals surface area contributed by atoms with Gasteiger partial charge in [-0.3, -0.25) is 9.59 Å². The summed E-state index contributed by atoms with van der Waals surface area (Å²) in [6.45, 7) is 2.01. The summed E-state index contributed by atoms with van der Waals surface area (Å²) >= 11 is 0. The lowest BCUT2D eigenvalue weighted by Gasteiger charge is -2.25. The first kappa shape index (κ1) is 20.1. The van der Waals surface area contributed by atoms with Crippen molar-refractivity contribution in [3.05, 3.63) is 66.2 Å². The Labute approximate surface area is 167 Å². The molecular formula is C23H29N3O2. The van der Waals surface area contributed by atoms with Crippen LogP contribution in [0.3, 0.4) is 0 Å². The van der Waals surface area contributed by atoms with E-state index in [9.17, 15) is 9.59 Å². The molecule has 5 nitrogen and oxygen atoms in total. The highest BCUT2D eigenvalue weighted by Gasteiger charge is 2.25. The summed E-state index contributed by atoms with van der Waals surface area (Å²) in [6.07, 6.45) is 2.92. The Hall–Kier alpha value is -2.66. The summed E-state index contributed by atoms with van der Waals surface area (Å²) in [4.78, 5) is 27.3. The number of hydrogen-bond donors (Lipinski definition) is 2. The number of carbonyl (C=O) groups excluding carboxylic acids is 2. The van der Waals surface area contributed by atoms with Crippen LogP contribution in [0.4, 0.5) is 5.69 Å². The largest absolute Gasteiger partial charge is 0.344 e. The molecule has 2 aromatic carbocycles. The fourth-order valence-electron chi connectivity index (χ4n) is 3.63. The molecule has 3 rings (SSSR count). The van der Waals surface area contributed by atoms with E-state index < -0.39 is 6.04 Å². The van der Waals surface area contributed by atoms with Gasteiger partial charge in [-0.1, -0.05) is 48.5 Å². The predicted molar refractivity (Wildman–Crippen MR) is 112 cm³/mol. The van der Waals surface area contributed by atoms with E-state index in [1.807, 2.05) is 60.7 Å². The minimum absolute atomic E-state index is 0.0531. The lowest BCUT2D eigenvalue weighted by atomic mass is 10.0. The first-order valence-electron chi connectivity index (χ1n) is 10.00. The summed E-state index contributed by atoms with van der Waals surface area (Å²) < 4.78 is 0. The summed E-state index contributed by atoms with van der Waals surface area (Å²) in [7, 11) is 1.76. The molecule has 1 saturated heterocycles. The van der Waals surface area contributed by atoms with Crippen molar-refractivity contribution < 1.29 is 9.59 Å². The van der Waals surface area contributed by atoms with Crippen LogP contribution in [0.25, 0.3) is 0 Å². The van der Waals surface area contributed by atoms with Crippen LogP contribution < -0.4 is 15.5 Å². The van der Waals surface area contributed by atoms with Gasteiger partial charge in [0.1, 0.15) is 6.04 Å². The quantitative estimate of drug-likeness (QED) is 0.741. The third-order valence-corrected chi connectivity index (χ3v) is 5.33. The average Bonchev–Trinajstić information content (AvgIpc) is 3.26. The molecule has 2 amide bonds. The van der Waals surface area contributed by atoms with Gasteiger partial charge < -0.3 is 15.5 Å². The van der Waals surface area contributed by atoms with Crippen molar-refractivity contribution in [3.63, 3.8) is 0 Å². The van der Waals surface area contributed by atoms with Crippen molar-refractivity contribution >= 4 is 17.5 Å². The second-order valence-electron chi connectivity index (χ2n) is 7.44. The SMILES string of the molecule is CN(C(=O)[C@H](Cc1ccccc1)NC(=O)CCC1CCNC1)c1ccccc1. The predicted octanol–water partition coefficient (Wildman–Crippen LogP) is 2.77. The Morgan fingerprint density at radius 1 is 1.11 bits per heavy atom. The number of amides is 2. The van der Waals surface area contributed by atoms with Crippen molar-refractivity contribution in [1.82, 2.24) is 10.6 Å². The number of nitrogens with one attached hydrogen (secondary N) is 2. The van der Waals surface area contributed by atoms with Crippen molar-refractivity contribution in [1.29, 1.82) is 0 Å². The maximum absolute atomic E-state index is 13.1. The molecule has 1 aliphatic rings. The molecule has 148 valence electrons. The molecule has 0 aromatic heterocycles. The number of hydrogen-bond acceptors (Lipinski definition) is 3. The maximum atomic E-state index is 13.1. The van der Waals surface area contributed by atoms with E-state index in [1.165, 1.54) is 0 Å². The van der Waals surface area contributed by atoms with Gasteiger partial charge in [-0.2, -0.15) is 0 Å². The minimum Gasteiger partial charge on any atom is -0.344 e. The average molecular weight is 380 g/mol. The van der Waals surface area contributed by atoms with E-state index in [1.54, 1.807) is 11.9 Å². The monoisotopic (exact) mass is 379 g/mol. The van der Waals surface area contributed by atoms with Crippen LogP contribution in [0, 0.1) is 5.92 Å². The molecule has 0 spiro atoms. The number of rotatable bonds is 8. The Bertz CT molecular complexity index is 758. The molecule has 1 aliphatic heterocycles. The molecule has 5 heteroatoms. The smallest absolute Gasteiger partial charge is 0.249 e. The fourth-order valence-corrected chi connectivity index (χ4v) is 3.63. The first-order valence-corrected chi connectivity index (χ1v) is 10.00. The van der Waals surface area contributed by atoms with Crippen LogP contribution in [-0.4, -0.2) is 38.0 Å². The van der Waals surface area contributed by atoms with Crippen molar-refractivity contribution in [2.24, 2.45) is 5.92 Å². The number of benzene rings is 2. The van der Waals surface area contributed by atoms with E-state index in [2.05, 4.69) is 10.6 Å². The number of nitrogens with zero attached hydrogens (tertiary/aromatic N) is 1. The number of anilines is 1. The number of carbonyl (C=O) groups is 2. The molecule has 2 N–H and O–H groups in total. The lowest BCUT2D eigenvalue weighted by Crippen LogP contribution is -2.48. The zero-order valence-corrected chi connectivity index (χ0v) is 16.4. The van der Waals surface area contributed by atoms with Crippen LogP contribution in [0.15, 0.2) is 60.7 Å². The van der Waals surface area contributed by atoms with Crippen molar-refractivity contribution in [2.45, 2.75) is 31.7 Å². The minimum atomic E-state index is -0.582. The Morgan fingerprint density at radius 3 is 2.43 bits per heavy atom. The Balaban J connectivity index is 1.67. The van der Waals surface area contributed by atoms with Gasteiger partial charge in [0.05, 0.1) is 0 Å². The standard InChI is InChI=1S/C23H29N3O2/c1-26(20-10-6-3-7-11-20)23(28)21(16-18-8-4-2-5-9-18)25-22(27)13-12-19-14-15-24-17-19/h2-11,19,21,24H,12-17H2,1H3,(H,25,27)/t19?,21-/m0/s1. The summed E-state index contributed by atoms with van der Waals surface area (Å²) in [6, 6.07) is 18.8. The third kappa shape index (κ3) is 5.67. The molecule has 0 saturated carbocycles. The zero-order chi connectivity index (χ0) is 19.8. The Morgan fingerprint density at radius 2 is 1.79 bits per heavy atom. The molecule has 1 heterocycles. The molecule has 1 fully saturated rings. The summed E-state index contributed by atoms with van der Waals surface area (Å²) in [5.74, 6) is 0.398. The zero-order valence-electron chi connectivity index (χ0n) is 16.4. The Kier molecular flexibility index (Phi) is 7.20. The second kappa shape index (κ2) is 10.0. The van der Waals surface area contributed by atoms with E-state index in [0.717, 1.165) is 37.2 Å². The molecular weight excluding hydrogens is 350 g/mol. The molecule has 0 aliphatic carbocycles. The van der Waals surface area contributed by atoms with E-state index in [4.69, 9.17) is 0 Å². The highest BCUT2D eigenvalue weighted by Crippen LogP contribution is 2.16. The molecule has 1 unspecified atom stereocenters. The molecule has 28 heavy (non-hydrogen) atoms. The van der Waals surface area contributed by atoms with Crippen LogP contribution in [0.2, 0.25) is 0 Å². The molecule has 2 atom stereocenters. The van der Waals surface area contributed by atoms with Crippen molar-refractivity contribution in [3.8, 4) is 0 Å². The van der Waals surface area contributed by atoms with Gasteiger partial charge in [0.2, 0.25) is 11.8 Å². The van der Waals surface area contributed by atoms with Crippen LogP contribution in [0.1, 0.15) is 24.8 Å². The van der Waals surface area contributed by atoms with Gasteiger partial charge in [0.15, 0.2) is 0 Å². The van der Waals surface area contributed by atoms with Gasteiger partial charge >= 0.3 is 0 Å². The van der Waals surface area contributed by atoms with Gasteiger partial charge in [-0.15, -0.1) is 0 Å². The van der Waals surface area contributed by atoms with Gasteiger partial charge in [-0.25, -0.2) is 0 Å². The highest BCUT2D eigenvalue weighted by molar-refractivity contribution is 5.98. The van der Waals surface area contributed by atoms with Crippen LogP contribution >= 0.6 is 0 Å². The maximum Gasteiger partial charge on any atom is 0.249 e. The van der Waals surface area contributed by atoms with E-state index in [0.29, 0.717) is 18.8 Å². The summed E-state index contributed by atoms with van der Waals surface area (Å²) in [5.41, 5.74) is 1.85. The van der Waals surface area contributed by atoms with E-state index >= 15 is 0 Å². The van der Waals surface area contributed by atoms with Gasteiger partial charge in [0.25, 0.3) is 0 Å². The topological polar surface area (TPSA) is 61.4 Å². The lowest BCUT2D eigenvalue weighted by molar-refractivity contribution is -0.127. The molecule has 0 radical (unpaired) electrons. The fraction of sp³-hybridized carbons (Fsp3) is 0.391. The number of likely N-dealkylation sites (N-methyl/N-ethyl adjacent to an activating group) is 1. The first-order chi connectivity index (χ1) is 13.6. The van der Waals surface area contributed by atoms with E-state index in [-0.39, 0.29) is 11.8 Å². The third-order valence-electron chi connectivity index (χ3n) is 5.33. The van der Waals surface area contributed by atoms with Crippen LogP contribution in [-0.2, 0) is 16.0 Å². The normalized spacial score (nSPS) is 17.1. The highest BCUT2D eigenvalue weighted by atomic mass is 16.2. The molecule has 0 bridgehead atoms. The molecule has 2 aromatic rings. The number of para-hydroxylation sites is 1. The van der Waals surface area contributed by atoms with Crippen molar-refractivity contribution in [2.75, 3.05) is 25.0 Å². The van der Waals surface area contributed by atoms with Crippen LogP contribution in [0.5, 0.6) is 0 Å². The second-order valence-corrected chi connectivity index (χ2v) is 7.44. The van der Waals surface area contributed by atoms with Gasteiger partial charge in [0, 0.05) is 25.6 Å². The summed E-state index contributed by atoms with van der Waals surface area (Å²) in [5, 5.41) is 6.32.